The number of hydrogen-bond acceptors (Lipinski definition) is 6. The molecule has 1 heterocycles. The number of benzene rings is 1. The van der Waals surface area contributed by atoms with Gasteiger partial charge in [-0.2, -0.15) is 0 Å². The van der Waals surface area contributed by atoms with Gasteiger partial charge in [-0.25, -0.2) is 0 Å². The van der Waals surface area contributed by atoms with Gasteiger partial charge >= 0.3 is 0 Å². The molecule has 0 saturated carbocycles. The summed E-state index contributed by atoms with van der Waals surface area (Å²) >= 11 is 3.00. The first-order valence-corrected chi connectivity index (χ1v) is 8.57. The van der Waals surface area contributed by atoms with Gasteiger partial charge in [0.2, 0.25) is 5.13 Å². The van der Waals surface area contributed by atoms with E-state index in [1.165, 1.54) is 11.3 Å². The molecule has 1 aromatic carbocycles. The number of aromatic nitrogens is 2. The van der Waals surface area contributed by atoms with Gasteiger partial charge in [-0.3, -0.25) is 10.1 Å². The van der Waals surface area contributed by atoms with Gasteiger partial charge in [0, 0.05) is 11.3 Å². The normalized spacial score (nSPS) is 10.4. The van der Waals surface area contributed by atoms with Crippen LogP contribution in [0, 0.1) is 0 Å². The fourth-order valence-corrected chi connectivity index (χ4v) is 3.03. The zero-order chi connectivity index (χ0) is 15.2. The molecule has 0 saturated heterocycles. The fraction of sp³-hybridized carbons (Fsp3) is 0.357. The minimum absolute atomic E-state index is 0.237. The van der Waals surface area contributed by atoms with Crippen LogP contribution in [0.25, 0.3) is 0 Å². The quantitative estimate of drug-likeness (QED) is 0.825. The monoisotopic (exact) mass is 323 g/mol. The Labute approximate surface area is 132 Å². The highest BCUT2D eigenvalue weighted by atomic mass is 32.2. The van der Waals surface area contributed by atoms with E-state index in [0.29, 0.717) is 16.4 Å². The number of hydrogen-bond donors (Lipinski definition) is 1. The van der Waals surface area contributed by atoms with Crippen molar-refractivity contribution in [2.75, 3.05) is 18.7 Å². The van der Waals surface area contributed by atoms with Crippen molar-refractivity contribution in [2.24, 2.45) is 0 Å². The number of ether oxygens (including phenoxy) is 1. The molecule has 0 aliphatic heterocycles. The number of thioether (sulfide) groups is 1. The molecule has 5 nitrogen and oxygen atoms in total. The first kappa shape index (κ1) is 15.8. The lowest BCUT2D eigenvalue weighted by Gasteiger charge is -2.09. The highest BCUT2D eigenvalue weighted by molar-refractivity contribution is 7.98. The first-order chi connectivity index (χ1) is 10.2. The van der Waals surface area contributed by atoms with Gasteiger partial charge in [-0.15, -0.1) is 22.0 Å². The van der Waals surface area contributed by atoms with E-state index in [-0.39, 0.29) is 5.91 Å². The molecule has 0 atom stereocenters. The van der Waals surface area contributed by atoms with E-state index >= 15 is 0 Å². The average molecular weight is 323 g/mol. The smallest absolute Gasteiger partial charge is 0.261 e. The summed E-state index contributed by atoms with van der Waals surface area (Å²) in [5.41, 5.74) is 0.488. The van der Waals surface area contributed by atoms with E-state index in [4.69, 9.17) is 4.74 Å². The second kappa shape index (κ2) is 7.42. The van der Waals surface area contributed by atoms with Gasteiger partial charge < -0.3 is 4.74 Å². The predicted octanol–water partition coefficient (Wildman–Crippen LogP) is 3.47. The van der Waals surface area contributed by atoms with Gasteiger partial charge in [0.1, 0.15) is 10.8 Å². The van der Waals surface area contributed by atoms with Crippen molar-refractivity contribution in [2.45, 2.75) is 24.7 Å². The Bertz CT molecular complexity index is 628. The van der Waals surface area contributed by atoms with Crippen molar-refractivity contribution in [1.29, 1.82) is 0 Å². The summed E-state index contributed by atoms with van der Waals surface area (Å²) in [5.74, 6) is 0.316. The van der Waals surface area contributed by atoms with E-state index in [1.807, 2.05) is 18.4 Å². The minimum atomic E-state index is -0.237. The molecular weight excluding hydrogens is 306 g/mol. The standard InChI is InChI=1S/C14H17N3O2S2/c1-4-5-12-16-17-14(21-12)15-13(18)10-7-6-9(20-3)8-11(10)19-2/h6-8H,4-5H2,1-3H3,(H,15,17,18). The topological polar surface area (TPSA) is 64.1 Å². The van der Waals surface area contributed by atoms with Crippen LogP contribution < -0.4 is 10.1 Å². The second-order valence-corrected chi connectivity index (χ2v) is 6.21. The third kappa shape index (κ3) is 3.95. The molecule has 7 heteroatoms. The fourth-order valence-electron chi connectivity index (χ4n) is 1.77. The highest BCUT2D eigenvalue weighted by Crippen LogP contribution is 2.26. The van der Waals surface area contributed by atoms with Crippen molar-refractivity contribution >= 4 is 34.1 Å². The lowest BCUT2D eigenvalue weighted by atomic mass is 10.2. The van der Waals surface area contributed by atoms with Crippen LogP contribution in [-0.2, 0) is 6.42 Å². The van der Waals surface area contributed by atoms with Crippen molar-refractivity contribution < 1.29 is 9.53 Å². The van der Waals surface area contributed by atoms with Gasteiger partial charge in [-0.1, -0.05) is 18.3 Å². The van der Waals surface area contributed by atoms with E-state index in [1.54, 1.807) is 24.9 Å². The van der Waals surface area contributed by atoms with Crippen LogP contribution in [0.15, 0.2) is 23.1 Å². The molecule has 0 bridgehead atoms. The molecule has 0 spiro atoms. The van der Waals surface area contributed by atoms with Crippen molar-refractivity contribution in [3.05, 3.63) is 28.8 Å². The number of aryl methyl sites for hydroxylation is 1. The maximum absolute atomic E-state index is 12.3. The van der Waals surface area contributed by atoms with Crippen LogP contribution in [0.4, 0.5) is 5.13 Å². The van der Waals surface area contributed by atoms with E-state index in [0.717, 1.165) is 22.7 Å². The second-order valence-electron chi connectivity index (χ2n) is 4.27. The molecule has 1 aromatic heterocycles. The summed E-state index contributed by atoms with van der Waals surface area (Å²) in [6.07, 6.45) is 3.86. The van der Waals surface area contributed by atoms with Crippen molar-refractivity contribution in [1.82, 2.24) is 10.2 Å². The zero-order valence-corrected chi connectivity index (χ0v) is 13.8. The summed E-state index contributed by atoms with van der Waals surface area (Å²) in [5, 5.41) is 12.2. The van der Waals surface area contributed by atoms with Gasteiger partial charge in [0.25, 0.3) is 5.91 Å². The summed E-state index contributed by atoms with van der Waals surface area (Å²) in [7, 11) is 1.56. The molecule has 2 aromatic rings. The largest absolute Gasteiger partial charge is 0.496 e. The number of anilines is 1. The molecule has 112 valence electrons. The molecule has 0 aliphatic carbocycles. The molecule has 21 heavy (non-hydrogen) atoms. The Morgan fingerprint density at radius 2 is 2.24 bits per heavy atom. The number of nitrogens with zero attached hydrogens (tertiary/aromatic N) is 2. The minimum Gasteiger partial charge on any atom is -0.496 e. The number of carbonyl (C=O) groups is 1. The van der Waals surface area contributed by atoms with Gasteiger partial charge in [-0.05, 0) is 30.9 Å². The summed E-state index contributed by atoms with van der Waals surface area (Å²) in [6.45, 7) is 2.08. The molecular formula is C14H17N3O2S2. The number of carbonyl (C=O) groups excluding carboxylic acids is 1. The predicted molar refractivity (Wildman–Crippen MR) is 86.6 cm³/mol. The van der Waals surface area contributed by atoms with Crippen LogP contribution in [0.5, 0.6) is 5.75 Å². The number of nitrogens with one attached hydrogen (secondary N) is 1. The average Bonchev–Trinajstić information content (AvgIpc) is 2.94. The first-order valence-electron chi connectivity index (χ1n) is 6.53. The Hall–Kier alpha value is -1.60. The zero-order valence-electron chi connectivity index (χ0n) is 12.2. The number of rotatable bonds is 6. The molecule has 2 rings (SSSR count). The Morgan fingerprint density at radius 1 is 1.43 bits per heavy atom. The third-order valence-corrected chi connectivity index (χ3v) is 4.43. The molecule has 0 aliphatic rings. The Kier molecular flexibility index (Phi) is 5.58. The van der Waals surface area contributed by atoms with Crippen LogP contribution in [0.2, 0.25) is 0 Å². The highest BCUT2D eigenvalue weighted by Gasteiger charge is 2.15. The summed E-state index contributed by atoms with van der Waals surface area (Å²) < 4.78 is 5.28. The molecule has 0 unspecified atom stereocenters. The van der Waals surface area contributed by atoms with E-state index in [9.17, 15) is 4.79 Å². The lowest BCUT2D eigenvalue weighted by Crippen LogP contribution is -2.13. The summed E-state index contributed by atoms with van der Waals surface area (Å²) in [4.78, 5) is 13.3. The van der Waals surface area contributed by atoms with Crippen molar-refractivity contribution in [3.8, 4) is 5.75 Å². The maximum atomic E-state index is 12.3. The number of amides is 1. The number of methoxy groups -OCH3 is 1. The summed E-state index contributed by atoms with van der Waals surface area (Å²) in [6, 6.07) is 5.50. The lowest BCUT2D eigenvalue weighted by molar-refractivity contribution is 0.102. The third-order valence-electron chi connectivity index (χ3n) is 2.80. The molecule has 0 fully saturated rings. The van der Waals surface area contributed by atoms with E-state index in [2.05, 4.69) is 22.4 Å². The molecule has 1 amide bonds. The maximum Gasteiger partial charge on any atom is 0.261 e. The van der Waals surface area contributed by atoms with Gasteiger partial charge in [0.15, 0.2) is 0 Å². The van der Waals surface area contributed by atoms with Crippen molar-refractivity contribution in [3.63, 3.8) is 0 Å². The van der Waals surface area contributed by atoms with Crippen LogP contribution in [-0.4, -0.2) is 29.5 Å². The van der Waals surface area contributed by atoms with Crippen LogP contribution >= 0.6 is 23.1 Å². The van der Waals surface area contributed by atoms with Gasteiger partial charge in [0.05, 0.1) is 12.7 Å². The molecule has 1 N–H and O–H groups in total. The van der Waals surface area contributed by atoms with Crippen LogP contribution in [0.1, 0.15) is 28.7 Å². The SMILES string of the molecule is CCCc1nnc(NC(=O)c2ccc(SC)cc2OC)s1. The molecule has 0 radical (unpaired) electrons. The Balaban J connectivity index is 2.15. The van der Waals surface area contributed by atoms with E-state index < -0.39 is 0 Å². The Morgan fingerprint density at radius 3 is 2.90 bits per heavy atom. The van der Waals surface area contributed by atoms with Crippen LogP contribution in [0.3, 0.4) is 0 Å².